The number of hydrogen-bond acceptors (Lipinski definition) is 5. The monoisotopic (exact) mass is 290 g/mol. The van der Waals surface area contributed by atoms with E-state index in [0.717, 1.165) is 11.1 Å². The Kier molecular flexibility index (Phi) is 3.52. The minimum Gasteiger partial charge on any atom is -0.387 e. The largest absolute Gasteiger partial charge is 0.387 e. The summed E-state index contributed by atoms with van der Waals surface area (Å²) >= 11 is 1.30. The average Bonchev–Trinajstić information content (AvgIpc) is 3.05. The number of thiazole rings is 1. The van der Waals surface area contributed by atoms with Crippen molar-refractivity contribution in [2.24, 2.45) is 0 Å². The molecule has 3 rings (SSSR count). The topological polar surface area (TPSA) is 71.5 Å². The molecule has 1 aromatic carbocycles. The highest BCUT2D eigenvalue weighted by Crippen LogP contribution is 2.23. The number of carbonyl (C=O) groups is 1. The van der Waals surface area contributed by atoms with Crippen LogP contribution < -0.4 is 5.32 Å². The molecule has 20 heavy (non-hydrogen) atoms. The molecule has 1 atom stereocenters. The molecule has 0 spiro atoms. The van der Waals surface area contributed by atoms with Gasteiger partial charge in [0.15, 0.2) is 5.13 Å². The molecule has 1 amide bonds. The fourth-order valence-electron chi connectivity index (χ4n) is 2.02. The molecule has 1 aliphatic rings. The molecule has 0 saturated carbocycles. The summed E-state index contributed by atoms with van der Waals surface area (Å²) < 4.78 is 5.33. The Bertz CT molecular complexity index is 652. The van der Waals surface area contributed by atoms with Gasteiger partial charge in [-0.05, 0) is 30.2 Å². The molecular weight excluding hydrogens is 276 g/mol. The predicted molar refractivity (Wildman–Crippen MR) is 75.6 cm³/mol. The number of aliphatic hydroxyl groups excluding tert-OH is 1. The van der Waals surface area contributed by atoms with Gasteiger partial charge in [0.25, 0.3) is 5.91 Å². The zero-order valence-corrected chi connectivity index (χ0v) is 11.7. The normalized spacial score (nSPS) is 14.9. The van der Waals surface area contributed by atoms with E-state index in [0.29, 0.717) is 29.6 Å². The van der Waals surface area contributed by atoms with Crippen LogP contribution in [0.5, 0.6) is 0 Å². The Morgan fingerprint density at radius 3 is 3.00 bits per heavy atom. The number of anilines is 1. The number of aromatic nitrogens is 1. The summed E-state index contributed by atoms with van der Waals surface area (Å²) in [5.41, 5.74) is 3.34. The molecule has 2 heterocycles. The van der Waals surface area contributed by atoms with Gasteiger partial charge in [0.05, 0.1) is 25.0 Å². The summed E-state index contributed by atoms with van der Waals surface area (Å²) in [5, 5.41) is 14.4. The standard InChI is InChI=1S/C14H14N2O3S/c1-8(17)12-7-20-14(15-12)16-13(18)9-2-3-10-5-19-6-11(10)4-9/h2-4,7-8,17H,5-6H2,1H3,(H,15,16,18). The number of ether oxygens (including phenoxy) is 1. The van der Waals surface area contributed by atoms with E-state index in [1.165, 1.54) is 11.3 Å². The van der Waals surface area contributed by atoms with Crippen LogP contribution in [0, 0.1) is 0 Å². The van der Waals surface area contributed by atoms with Crippen LogP contribution in [0.2, 0.25) is 0 Å². The first kappa shape index (κ1) is 13.2. The van der Waals surface area contributed by atoms with Crippen molar-refractivity contribution in [3.8, 4) is 0 Å². The molecule has 0 fully saturated rings. The van der Waals surface area contributed by atoms with Crippen LogP contribution in [0.15, 0.2) is 23.6 Å². The number of rotatable bonds is 3. The maximum absolute atomic E-state index is 12.1. The second kappa shape index (κ2) is 5.32. The smallest absolute Gasteiger partial charge is 0.257 e. The van der Waals surface area contributed by atoms with E-state index in [1.807, 2.05) is 12.1 Å². The maximum Gasteiger partial charge on any atom is 0.257 e. The third-order valence-electron chi connectivity index (χ3n) is 3.15. The minimum atomic E-state index is -0.631. The number of aliphatic hydroxyl groups is 1. The Labute approximate surface area is 120 Å². The molecule has 1 unspecified atom stereocenters. The van der Waals surface area contributed by atoms with Crippen LogP contribution in [-0.2, 0) is 18.0 Å². The van der Waals surface area contributed by atoms with Gasteiger partial charge in [-0.1, -0.05) is 6.07 Å². The van der Waals surface area contributed by atoms with Crippen LogP contribution in [0.25, 0.3) is 0 Å². The highest BCUT2D eigenvalue weighted by atomic mass is 32.1. The van der Waals surface area contributed by atoms with E-state index in [2.05, 4.69) is 10.3 Å². The Morgan fingerprint density at radius 1 is 1.45 bits per heavy atom. The summed E-state index contributed by atoms with van der Waals surface area (Å²) in [7, 11) is 0. The van der Waals surface area contributed by atoms with E-state index in [4.69, 9.17) is 4.74 Å². The second-order valence-corrected chi connectivity index (χ2v) is 5.54. The average molecular weight is 290 g/mol. The molecule has 0 saturated heterocycles. The lowest BCUT2D eigenvalue weighted by Crippen LogP contribution is -2.12. The number of nitrogens with zero attached hydrogens (tertiary/aromatic N) is 1. The lowest BCUT2D eigenvalue weighted by molar-refractivity contribution is 0.102. The van der Waals surface area contributed by atoms with E-state index < -0.39 is 6.10 Å². The number of nitrogens with one attached hydrogen (secondary N) is 1. The SMILES string of the molecule is CC(O)c1csc(NC(=O)c2ccc3c(c2)COC3)n1. The van der Waals surface area contributed by atoms with Gasteiger partial charge in [-0.2, -0.15) is 0 Å². The molecular formula is C14H14N2O3S. The number of carbonyl (C=O) groups excluding carboxylic acids is 1. The molecule has 6 heteroatoms. The van der Waals surface area contributed by atoms with Crippen LogP contribution in [-0.4, -0.2) is 16.0 Å². The van der Waals surface area contributed by atoms with Crippen molar-refractivity contribution in [3.05, 3.63) is 46.0 Å². The number of amides is 1. The Hall–Kier alpha value is -1.76. The first-order chi connectivity index (χ1) is 9.63. The van der Waals surface area contributed by atoms with Gasteiger partial charge in [0.2, 0.25) is 0 Å². The molecule has 0 radical (unpaired) electrons. The maximum atomic E-state index is 12.1. The van der Waals surface area contributed by atoms with Crippen molar-refractivity contribution in [1.82, 2.24) is 4.98 Å². The van der Waals surface area contributed by atoms with Crippen molar-refractivity contribution < 1.29 is 14.6 Å². The number of benzene rings is 1. The van der Waals surface area contributed by atoms with Gasteiger partial charge in [-0.15, -0.1) is 11.3 Å². The van der Waals surface area contributed by atoms with E-state index >= 15 is 0 Å². The minimum absolute atomic E-state index is 0.203. The summed E-state index contributed by atoms with van der Waals surface area (Å²) in [6, 6.07) is 5.55. The lowest BCUT2D eigenvalue weighted by Gasteiger charge is -2.04. The van der Waals surface area contributed by atoms with Gasteiger partial charge in [-0.25, -0.2) is 4.98 Å². The van der Waals surface area contributed by atoms with Crippen LogP contribution in [0.3, 0.4) is 0 Å². The highest BCUT2D eigenvalue weighted by molar-refractivity contribution is 7.14. The quantitative estimate of drug-likeness (QED) is 0.911. The number of hydrogen-bond donors (Lipinski definition) is 2. The summed E-state index contributed by atoms with van der Waals surface area (Å²) in [4.78, 5) is 16.3. The van der Waals surface area contributed by atoms with E-state index in [9.17, 15) is 9.90 Å². The Balaban J connectivity index is 1.75. The van der Waals surface area contributed by atoms with Gasteiger partial charge >= 0.3 is 0 Å². The second-order valence-electron chi connectivity index (χ2n) is 4.68. The zero-order chi connectivity index (χ0) is 14.1. The molecule has 1 aliphatic heterocycles. The van der Waals surface area contributed by atoms with E-state index in [-0.39, 0.29) is 5.91 Å². The zero-order valence-electron chi connectivity index (χ0n) is 10.9. The predicted octanol–water partition coefficient (Wildman–Crippen LogP) is 2.48. The molecule has 5 nitrogen and oxygen atoms in total. The number of fused-ring (bicyclic) bond motifs is 1. The molecule has 0 aliphatic carbocycles. The van der Waals surface area contributed by atoms with Gasteiger partial charge in [-0.3, -0.25) is 10.1 Å². The first-order valence-electron chi connectivity index (χ1n) is 6.28. The van der Waals surface area contributed by atoms with Gasteiger partial charge in [0, 0.05) is 10.9 Å². The summed E-state index contributed by atoms with van der Waals surface area (Å²) in [6.07, 6.45) is -0.631. The molecule has 2 N–H and O–H groups in total. The van der Waals surface area contributed by atoms with E-state index in [1.54, 1.807) is 18.4 Å². The molecule has 2 aromatic rings. The van der Waals surface area contributed by atoms with Crippen molar-refractivity contribution >= 4 is 22.4 Å². The highest BCUT2D eigenvalue weighted by Gasteiger charge is 2.15. The fraction of sp³-hybridized carbons (Fsp3) is 0.286. The van der Waals surface area contributed by atoms with Crippen molar-refractivity contribution in [2.75, 3.05) is 5.32 Å². The third kappa shape index (κ3) is 2.58. The third-order valence-corrected chi connectivity index (χ3v) is 3.93. The van der Waals surface area contributed by atoms with Crippen LogP contribution in [0.4, 0.5) is 5.13 Å². The van der Waals surface area contributed by atoms with Crippen molar-refractivity contribution in [2.45, 2.75) is 26.2 Å². The molecule has 0 bridgehead atoms. The fourth-order valence-corrected chi connectivity index (χ4v) is 2.81. The van der Waals surface area contributed by atoms with Crippen LogP contribution >= 0.6 is 11.3 Å². The van der Waals surface area contributed by atoms with Gasteiger partial charge in [0.1, 0.15) is 0 Å². The van der Waals surface area contributed by atoms with Crippen molar-refractivity contribution in [1.29, 1.82) is 0 Å². The summed E-state index contributed by atoms with van der Waals surface area (Å²) in [5.74, 6) is -0.203. The summed E-state index contributed by atoms with van der Waals surface area (Å²) in [6.45, 7) is 2.81. The van der Waals surface area contributed by atoms with Crippen LogP contribution in [0.1, 0.15) is 40.2 Å². The van der Waals surface area contributed by atoms with Gasteiger partial charge < -0.3 is 9.84 Å². The lowest BCUT2D eigenvalue weighted by atomic mass is 10.1. The first-order valence-corrected chi connectivity index (χ1v) is 7.16. The molecule has 104 valence electrons. The molecule has 1 aromatic heterocycles. The Morgan fingerprint density at radius 2 is 2.25 bits per heavy atom. The van der Waals surface area contributed by atoms with Crippen molar-refractivity contribution in [3.63, 3.8) is 0 Å².